The summed E-state index contributed by atoms with van der Waals surface area (Å²) < 4.78 is 0. The molecule has 1 atom stereocenters. The van der Waals surface area contributed by atoms with Gasteiger partial charge in [-0.15, -0.1) is 11.3 Å². The fourth-order valence-electron chi connectivity index (χ4n) is 2.41. The third kappa shape index (κ3) is 2.50. The molecule has 0 saturated heterocycles. The van der Waals surface area contributed by atoms with E-state index in [9.17, 15) is 0 Å². The molecule has 0 radical (unpaired) electrons. The number of fused-ring (bicyclic) bond motifs is 1. The number of pyridine rings is 1. The molecule has 6 heteroatoms. The summed E-state index contributed by atoms with van der Waals surface area (Å²) in [5.74, 6) is 0.375. The van der Waals surface area contributed by atoms with E-state index < -0.39 is 0 Å². The second-order valence-electron chi connectivity index (χ2n) is 4.64. The van der Waals surface area contributed by atoms with Gasteiger partial charge in [0.2, 0.25) is 0 Å². The van der Waals surface area contributed by atoms with E-state index in [4.69, 9.17) is 33.9 Å². The van der Waals surface area contributed by atoms with Gasteiger partial charge in [0, 0.05) is 23.5 Å². The van der Waals surface area contributed by atoms with Crippen LogP contribution in [0.1, 0.15) is 29.3 Å². The maximum absolute atomic E-state index is 6.19. The molecule has 0 spiro atoms. The lowest BCUT2D eigenvalue weighted by Crippen LogP contribution is -2.17. The molecular weight excluding hydrogens is 301 g/mol. The molecule has 3 nitrogen and oxygen atoms in total. The predicted molar refractivity (Wildman–Crippen MR) is 80.1 cm³/mol. The number of aryl methyl sites for hydroxylation is 1. The molecule has 2 N–H and O–H groups in total. The molecule has 0 aromatic carbocycles. The SMILES string of the molecule is NCC1CCCc2sc(-c3ncc(Cl)cc3Cl)nc21. The summed E-state index contributed by atoms with van der Waals surface area (Å²) in [6.07, 6.45) is 4.98. The van der Waals surface area contributed by atoms with Gasteiger partial charge in [-0.1, -0.05) is 23.2 Å². The van der Waals surface area contributed by atoms with Gasteiger partial charge in [-0.25, -0.2) is 4.98 Å². The van der Waals surface area contributed by atoms with Crippen LogP contribution in [-0.4, -0.2) is 16.5 Å². The van der Waals surface area contributed by atoms with Crippen LogP contribution in [0.3, 0.4) is 0 Å². The first-order chi connectivity index (χ1) is 9.19. The van der Waals surface area contributed by atoms with Crippen LogP contribution in [0.2, 0.25) is 10.0 Å². The third-order valence-electron chi connectivity index (χ3n) is 3.37. The number of nitrogens with zero attached hydrogens (tertiary/aromatic N) is 2. The van der Waals surface area contributed by atoms with Crippen molar-refractivity contribution in [1.29, 1.82) is 0 Å². The first-order valence-electron chi connectivity index (χ1n) is 6.20. The van der Waals surface area contributed by atoms with Gasteiger partial charge in [0.1, 0.15) is 10.7 Å². The van der Waals surface area contributed by atoms with E-state index in [1.807, 2.05) is 0 Å². The topological polar surface area (TPSA) is 51.8 Å². The Balaban J connectivity index is 2.05. The maximum Gasteiger partial charge on any atom is 0.143 e. The Labute approximate surface area is 125 Å². The van der Waals surface area contributed by atoms with Crippen molar-refractivity contribution in [3.63, 3.8) is 0 Å². The van der Waals surface area contributed by atoms with E-state index in [2.05, 4.69) is 4.98 Å². The molecule has 0 bridgehead atoms. The molecule has 2 aromatic heterocycles. The van der Waals surface area contributed by atoms with Gasteiger partial charge in [-0.05, 0) is 25.3 Å². The Morgan fingerprint density at radius 3 is 3.00 bits per heavy atom. The number of nitrogens with two attached hydrogens (primary N) is 1. The number of thiazole rings is 1. The van der Waals surface area contributed by atoms with Gasteiger partial charge in [-0.2, -0.15) is 0 Å². The first kappa shape index (κ1) is 13.3. The van der Waals surface area contributed by atoms with Crippen molar-refractivity contribution in [2.75, 3.05) is 6.54 Å². The minimum absolute atomic E-state index is 0.375. The van der Waals surface area contributed by atoms with Crippen molar-refractivity contribution >= 4 is 34.5 Å². The average Bonchev–Trinajstić information content (AvgIpc) is 2.81. The Morgan fingerprint density at radius 1 is 1.42 bits per heavy atom. The van der Waals surface area contributed by atoms with Gasteiger partial charge in [0.15, 0.2) is 0 Å². The lowest BCUT2D eigenvalue weighted by molar-refractivity contribution is 0.554. The van der Waals surface area contributed by atoms with E-state index in [-0.39, 0.29) is 0 Å². The Morgan fingerprint density at radius 2 is 2.26 bits per heavy atom. The molecule has 2 heterocycles. The number of hydrogen-bond acceptors (Lipinski definition) is 4. The van der Waals surface area contributed by atoms with E-state index in [0.29, 0.717) is 28.2 Å². The zero-order chi connectivity index (χ0) is 13.4. The molecular formula is C13H13Cl2N3S. The minimum atomic E-state index is 0.375. The molecule has 0 saturated carbocycles. The normalized spacial score (nSPS) is 18.4. The Bertz CT molecular complexity index is 612. The highest BCUT2D eigenvalue weighted by molar-refractivity contribution is 7.15. The van der Waals surface area contributed by atoms with Gasteiger partial charge in [0.05, 0.1) is 15.7 Å². The van der Waals surface area contributed by atoms with Crippen molar-refractivity contribution < 1.29 is 0 Å². The van der Waals surface area contributed by atoms with Crippen LogP contribution >= 0.6 is 34.5 Å². The smallest absolute Gasteiger partial charge is 0.143 e. The van der Waals surface area contributed by atoms with Crippen LogP contribution < -0.4 is 5.73 Å². The summed E-state index contributed by atoms with van der Waals surface area (Å²) >= 11 is 13.7. The van der Waals surface area contributed by atoms with E-state index in [1.54, 1.807) is 23.6 Å². The minimum Gasteiger partial charge on any atom is -0.330 e. The lowest BCUT2D eigenvalue weighted by Gasteiger charge is -2.18. The monoisotopic (exact) mass is 313 g/mol. The summed E-state index contributed by atoms with van der Waals surface area (Å²) in [7, 11) is 0. The van der Waals surface area contributed by atoms with Gasteiger partial charge in [0.25, 0.3) is 0 Å². The molecule has 0 fully saturated rings. The number of halogens is 2. The first-order valence-corrected chi connectivity index (χ1v) is 7.77. The Hall–Kier alpha value is -0.680. The van der Waals surface area contributed by atoms with Crippen molar-refractivity contribution in [2.24, 2.45) is 5.73 Å². The van der Waals surface area contributed by atoms with E-state index >= 15 is 0 Å². The fraction of sp³-hybridized carbons (Fsp3) is 0.385. The standard InChI is InChI=1S/C13H13Cl2N3S/c14-8-4-9(15)12(17-6-8)13-18-11-7(5-16)2-1-3-10(11)19-13/h4,6-7H,1-3,5,16H2. The summed E-state index contributed by atoms with van der Waals surface area (Å²) in [5.41, 5.74) is 7.67. The molecule has 1 aliphatic rings. The largest absolute Gasteiger partial charge is 0.330 e. The quantitative estimate of drug-likeness (QED) is 0.915. The van der Waals surface area contributed by atoms with Crippen LogP contribution in [0.4, 0.5) is 0 Å². The maximum atomic E-state index is 6.19. The number of rotatable bonds is 2. The second kappa shape index (κ2) is 5.37. The predicted octanol–water partition coefficient (Wildman–Crippen LogP) is 3.89. The van der Waals surface area contributed by atoms with Gasteiger partial charge in [-0.3, -0.25) is 4.98 Å². The highest BCUT2D eigenvalue weighted by atomic mass is 35.5. The zero-order valence-electron chi connectivity index (χ0n) is 10.2. The molecule has 1 unspecified atom stereocenters. The summed E-state index contributed by atoms with van der Waals surface area (Å²) in [6.45, 7) is 0.651. The number of aromatic nitrogens is 2. The van der Waals surface area contributed by atoms with Gasteiger partial charge < -0.3 is 5.73 Å². The summed E-state index contributed by atoms with van der Waals surface area (Å²) in [6, 6.07) is 1.70. The van der Waals surface area contributed by atoms with Crippen LogP contribution in [-0.2, 0) is 6.42 Å². The van der Waals surface area contributed by atoms with Crippen LogP contribution in [0.25, 0.3) is 10.7 Å². The highest BCUT2D eigenvalue weighted by Gasteiger charge is 2.25. The molecule has 2 aromatic rings. The molecule has 3 rings (SSSR count). The molecule has 0 amide bonds. The van der Waals surface area contributed by atoms with Crippen LogP contribution in [0.15, 0.2) is 12.3 Å². The fourth-order valence-corrected chi connectivity index (χ4v) is 4.14. The molecule has 19 heavy (non-hydrogen) atoms. The van der Waals surface area contributed by atoms with Crippen molar-refractivity contribution in [3.8, 4) is 10.7 Å². The average molecular weight is 314 g/mol. The van der Waals surface area contributed by atoms with E-state index in [0.717, 1.165) is 23.5 Å². The lowest BCUT2D eigenvalue weighted by atomic mass is 9.91. The summed E-state index contributed by atoms with van der Waals surface area (Å²) in [5, 5.41) is 1.95. The Kier molecular flexibility index (Phi) is 3.76. The van der Waals surface area contributed by atoms with Crippen molar-refractivity contribution in [3.05, 3.63) is 32.9 Å². The van der Waals surface area contributed by atoms with Crippen molar-refractivity contribution in [2.45, 2.75) is 25.2 Å². The molecule has 100 valence electrons. The van der Waals surface area contributed by atoms with E-state index in [1.165, 1.54) is 11.3 Å². The third-order valence-corrected chi connectivity index (χ3v) is 5.00. The highest BCUT2D eigenvalue weighted by Crippen LogP contribution is 2.39. The molecule has 0 aliphatic heterocycles. The van der Waals surface area contributed by atoms with Crippen LogP contribution in [0, 0.1) is 0 Å². The van der Waals surface area contributed by atoms with Crippen LogP contribution in [0.5, 0.6) is 0 Å². The zero-order valence-corrected chi connectivity index (χ0v) is 12.5. The molecule has 1 aliphatic carbocycles. The van der Waals surface area contributed by atoms with Crippen molar-refractivity contribution in [1.82, 2.24) is 9.97 Å². The summed E-state index contributed by atoms with van der Waals surface area (Å²) in [4.78, 5) is 10.3. The number of hydrogen-bond donors (Lipinski definition) is 1. The van der Waals surface area contributed by atoms with Gasteiger partial charge >= 0.3 is 0 Å². The second-order valence-corrected chi connectivity index (χ2v) is 6.56.